The number of hydrogen-bond donors (Lipinski definition) is 0. The molecule has 0 fully saturated rings. The summed E-state index contributed by atoms with van der Waals surface area (Å²) in [4.78, 5) is 0. The van der Waals surface area contributed by atoms with Crippen molar-refractivity contribution in [3.63, 3.8) is 0 Å². The van der Waals surface area contributed by atoms with E-state index in [0.29, 0.717) is 0 Å². The van der Waals surface area contributed by atoms with E-state index >= 15 is 0 Å². The Balaban J connectivity index is 3.55. The zero-order valence-corrected chi connectivity index (χ0v) is 6.54. The molecule has 50 valence electrons. The Labute approximate surface area is 57.4 Å². The largest absolute Gasteiger partial charge is 0.440 e. The van der Waals surface area contributed by atoms with Crippen molar-refractivity contribution in [2.45, 2.75) is 6.92 Å². The third-order valence-electron chi connectivity index (χ3n) is 0.366. The zero-order valence-electron chi connectivity index (χ0n) is 4.13. The van der Waals surface area contributed by atoms with E-state index in [2.05, 4.69) is 20.5 Å². The van der Waals surface area contributed by atoms with Crippen LogP contribution in [-0.4, -0.2) is 6.61 Å². The molecule has 0 aliphatic rings. The summed E-state index contributed by atoms with van der Waals surface area (Å²) >= 11 is 9.65. The number of halogens is 2. The number of rotatable bonds is 3. The lowest BCUT2D eigenvalue weighted by atomic mass is 10.9. The monoisotopic (exact) mass is 178 g/mol. The van der Waals surface area contributed by atoms with Gasteiger partial charge in [-0.15, -0.1) is 0 Å². The van der Waals surface area contributed by atoms with E-state index in [1.807, 2.05) is 0 Å². The fourth-order valence-electron chi connectivity index (χ4n) is 0.174. The van der Waals surface area contributed by atoms with Crippen molar-refractivity contribution >= 4 is 30.1 Å². The summed E-state index contributed by atoms with van der Waals surface area (Å²) in [6.07, 6.45) is 0. The Hall–Kier alpha value is 0.730. The van der Waals surface area contributed by atoms with Crippen LogP contribution in [0.4, 0.5) is 0 Å². The first-order chi connectivity index (χ1) is 3.62. The van der Waals surface area contributed by atoms with Gasteiger partial charge in [0.1, 0.15) is 0 Å². The molecule has 6 heteroatoms. The van der Waals surface area contributed by atoms with Crippen LogP contribution in [0.25, 0.3) is 0 Å². The Morgan fingerprint density at radius 1 is 1.75 bits per heavy atom. The van der Waals surface area contributed by atoms with Crippen LogP contribution in [0.5, 0.6) is 0 Å². The second kappa shape index (κ2) is 3.70. The van der Waals surface area contributed by atoms with Crippen molar-refractivity contribution in [1.82, 2.24) is 0 Å². The van der Waals surface area contributed by atoms with Gasteiger partial charge in [0.15, 0.2) is 0 Å². The van der Waals surface area contributed by atoms with Crippen molar-refractivity contribution in [3.05, 3.63) is 0 Å². The van der Waals surface area contributed by atoms with Crippen LogP contribution in [0, 0.1) is 0 Å². The summed E-state index contributed by atoms with van der Waals surface area (Å²) in [7, 11) is 0. The van der Waals surface area contributed by atoms with Gasteiger partial charge < -0.3 is 0 Å². The van der Waals surface area contributed by atoms with Crippen molar-refractivity contribution in [2.24, 2.45) is 0 Å². The van der Waals surface area contributed by atoms with E-state index in [0.717, 1.165) is 0 Å². The first-order valence-corrected chi connectivity index (χ1v) is 4.62. The van der Waals surface area contributed by atoms with E-state index in [-0.39, 0.29) is 6.61 Å². The Morgan fingerprint density at radius 2 is 2.25 bits per heavy atom. The van der Waals surface area contributed by atoms with Gasteiger partial charge in [0, 0.05) is 11.2 Å². The first kappa shape index (κ1) is 8.73. The van der Waals surface area contributed by atoms with Crippen LogP contribution in [0.2, 0.25) is 0 Å². The highest BCUT2D eigenvalue weighted by Gasteiger charge is 2.18. The van der Waals surface area contributed by atoms with Crippen molar-refractivity contribution in [3.8, 4) is 0 Å². The molecule has 0 bridgehead atoms. The maximum absolute atomic E-state index is 10.4. The first-order valence-electron chi connectivity index (χ1n) is 1.87. The van der Waals surface area contributed by atoms with Gasteiger partial charge in [0.2, 0.25) is 0 Å². The summed E-state index contributed by atoms with van der Waals surface area (Å²) in [5, 5.41) is 0. The van der Waals surface area contributed by atoms with Gasteiger partial charge in [-0.25, -0.2) is 4.57 Å². The van der Waals surface area contributed by atoms with Crippen molar-refractivity contribution < 1.29 is 13.2 Å². The number of hydrogen-bond acceptors (Lipinski definition) is 3. The van der Waals surface area contributed by atoms with Gasteiger partial charge in [-0.1, -0.05) is 0 Å². The average molecular weight is 179 g/mol. The van der Waals surface area contributed by atoms with E-state index in [1.54, 1.807) is 6.92 Å². The molecule has 0 saturated carbocycles. The summed E-state index contributed by atoms with van der Waals surface area (Å²) in [5.41, 5.74) is 0. The third-order valence-corrected chi connectivity index (χ3v) is 2.35. The lowest BCUT2D eigenvalue weighted by molar-refractivity contribution is 0.301. The summed E-state index contributed by atoms with van der Waals surface area (Å²) < 4.78 is 18.5. The topological polar surface area (TPSA) is 35.5 Å². The minimum Gasteiger partial charge on any atom is -0.296 e. The smallest absolute Gasteiger partial charge is 0.296 e. The fraction of sp³-hybridized carbons (Fsp3) is 1.00. The Morgan fingerprint density at radius 3 is 2.38 bits per heavy atom. The van der Waals surface area contributed by atoms with E-state index in [9.17, 15) is 4.57 Å². The molecule has 0 aromatic heterocycles. The fourth-order valence-corrected chi connectivity index (χ4v) is 0.935. The second-order valence-electron chi connectivity index (χ2n) is 0.917. The maximum atomic E-state index is 10.4. The zero-order chi connectivity index (χ0) is 6.62. The van der Waals surface area contributed by atoms with Crippen LogP contribution < -0.4 is 0 Å². The molecular weight excluding hydrogens is 174 g/mol. The predicted octanol–water partition coefficient (Wildman–Crippen LogP) is 2.54. The summed E-state index contributed by atoms with van der Waals surface area (Å²) in [6.45, 7) is -1.59. The highest BCUT2D eigenvalue weighted by Crippen LogP contribution is 2.54. The minimum absolute atomic E-state index is 0.216. The predicted molar refractivity (Wildman–Crippen MR) is 32.0 cm³/mol. The molecule has 0 N–H and O–H groups in total. The van der Waals surface area contributed by atoms with Crippen molar-refractivity contribution in [1.29, 1.82) is 0 Å². The molecule has 0 aliphatic carbocycles. The highest BCUT2D eigenvalue weighted by atomic mass is 35.7. The van der Waals surface area contributed by atoms with Gasteiger partial charge in [-0.2, -0.15) is 4.08 Å². The Bertz CT molecular complexity index is 105. The molecule has 8 heavy (non-hydrogen) atoms. The molecule has 0 rings (SSSR count). The van der Waals surface area contributed by atoms with Crippen LogP contribution in [-0.2, 0) is 13.2 Å². The highest BCUT2D eigenvalue weighted by molar-refractivity contribution is 7.81. The lowest BCUT2D eigenvalue weighted by Gasteiger charge is -2.01. The normalized spacial score (nSPS) is 17.9. The molecule has 0 amide bonds. The SMILES string of the molecule is CCOP(=O)(Cl)OCl. The van der Waals surface area contributed by atoms with Gasteiger partial charge in [-0.3, -0.25) is 4.52 Å². The summed E-state index contributed by atoms with van der Waals surface area (Å²) in [5.74, 6) is 0. The van der Waals surface area contributed by atoms with E-state index < -0.39 is 6.95 Å². The standard InChI is InChI=1S/C2H5Cl2O3P/c1-2-6-8(4,5)7-3/h2H2,1H3. The van der Waals surface area contributed by atoms with E-state index in [4.69, 9.17) is 11.2 Å². The van der Waals surface area contributed by atoms with E-state index in [1.165, 1.54) is 0 Å². The maximum Gasteiger partial charge on any atom is 0.440 e. The molecule has 1 unspecified atom stereocenters. The molecule has 0 radical (unpaired) electrons. The molecule has 0 aromatic rings. The Kier molecular flexibility index (Phi) is 4.04. The van der Waals surface area contributed by atoms with Gasteiger partial charge in [0.05, 0.1) is 18.5 Å². The van der Waals surface area contributed by atoms with Crippen LogP contribution in [0.1, 0.15) is 6.92 Å². The molecule has 0 saturated heterocycles. The summed E-state index contributed by atoms with van der Waals surface area (Å²) in [6, 6.07) is 0. The lowest BCUT2D eigenvalue weighted by Crippen LogP contribution is -1.80. The van der Waals surface area contributed by atoms with Gasteiger partial charge >= 0.3 is 6.95 Å². The van der Waals surface area contributed by atoms with Crippen LogP contribution in [0.15, 0.2) is 0 Å². The van der Waals surface area contributed by atoms with Gasteiger partial charge in [0.25, 0.3) is 0 Å². The molecule has 1 atom stereocenters. The van der Waals surface area contributed by atoms with Crippen LogP contribution >= 0.6 is 30.1 Å². The quantitative estimate of drug-likeness (QED) is 0.624. The third kappa shape index (κ3) is 3.70. The minimum atomic E-state index is -3.44. The van der Waals surface area contributed by atoms with Gasteiger partial charge in [-0.05, 0) is 6.92 Å². The molecule has 0 spiro atoms. The second-order valence-corrected chi connectivity index (χ2v) is 3.83. The molecule has 0 aromatic carbocycles. The molecule has 3 nitrogen and oxygen atoms in total. The van der Waals surface area contributed by atoms with Crippen molar-refractivity contribution in [2.75, 3.05) is 6.61 Å². The molecule has 0 heterocycles. The molecule has 0 aliphatic heterocycles. The average Bonchev–Trinajstić information content (AvgIpc) is 1.67. The molecular formula is C2H5Cl2O3P. The van der Waals surface area contributed by atoms with Crippen LogP contribution in [0.3, 0.4) is 0 Å².